The summed E-state index contributed by atoms with van der Waals surface area (Å²) in [5, 5.41) is 11.4. The molecule has 0 atom stereocenters. The number of methoxy groups -OCH3 is 2. The Balaban J connectivity index is 2.77. The van der Waals surface area contributed by atoms with Gasteiger partial charge in [0.2, 0.25) is 0 Å². The number of ether oxygens (including phenoxy) is 2. The Kier molecular flexibility index (Phi) is 2.87. The van der Waals surface area contributed by atoms with Gasteiger partial charge in [0.15, 0.2) is 0 Å². The zero-order chi connectivity index (χ0) is 12.4. The van der Waals surface area contributed by atoms with Crippen molar-refractivity contribution in [2.45, 2.75) is 0 Å². The van der Waals surface area contributed by atoms with E-state index < -0.39 is 5.97 Å². The van der Waals surface area contributed by atoms with Crippen molar-refractivity contribution >= 4 is 16.7 Å². The zero-order valence-corrected chi connectivity index (χ0v) is 9.56. The summed E-state index contributed by atoms with van der Waals surface area (Å²) >= 11 is 0. The Labute approximate surface area is 98.4 Å². The van der Waals surface area contributed by atoms with Gasteiger partial charge in [-0.1, -0.05) is 18.2 Å². The molecule has 0 saturated carbocycles. The SMILES string of the molecule is COC(=O)c1ccc2cccc(OC)c2c1O. The number of phenols is 1. The largest absolute Gasteiger partial charge is 0.506 e. The molecular weight excluding hydrogens is 220 g/mol. The summed E-state index contributed by atoms with van der Waals surface area (Å²) in [6.07, 6.45) is 0. The molecule has 0 aliphatic carbocycles. The maximum absolute atomic E-state index is 11.5. The Morgan fingerprint density at radius 3 is 2.59 bits per heavy atom. The van der Waals surface area contributed by atoms with Crippen LogP contribution in [0.5, 0.6) is 11.5 Å². The summed E-state index contributed by atoms with van der Waals surface area (Å²) in [4.78, 5) is 11.5. The van der Waals surface area contributed by atoms with Crippen LogP contribution in [0.2, 0.25) is 0 Å². The average molecular weight is 232 g/mol. The third-order valence-corrected chi connectivity index (χ3v) is 2.61. The van der Waals surface area contributed by atoms with Crippen LogP contribution in [0.1, 0.15) is 10.4 Å². The van der Waals surface area contributed by atoms with Crippen molar-refractivity contribution in [3.8, 4) is 11.5 Å². The van der Waals surface area contributed by atoms with E-state index in [0.29, 0.717) is 11.1 Å². The summed E-state index contributed by atoms with van der Waals surface area (Å²) in [5.74, 6) is -0.173. The molecule has 0 spiro atoms. The predicted octanol–water partition coefficient (Wildman–Crippen LogP) is 2.34. The van der Waals surface area contributed by atoms with E-state index in [4.69, 9.17) is 4.74 Å². The highest BCUT2D eigenvalue weighted by Gasteiger charge is 2.16. The van der Waals surface area contributed by atoms with Crippen molar-refractivity contribution in [2.24, 2.45) is 0 Å². The number of esters is 1. The third kappa shape index (κ3) is 1.78. The molecule has 88 valence electrons. The quantitative estimate of drug-likeness (QED) is 0.807. The first-order valence-corrected chi connectivity index (χ1v) is 5.06. The molecule has 0 radical (unpaired) electrons. The van der Waals surface area contributed by atoms with E-state index >= 15 is 0 Å². The van der Waals surface area contributed by atoms with Crippen molar-refractivity contribution < 1.29 is 19.4 Å². The summed E-state index contributed by atoms with van der Waals surface area (Å²) in [5.41, 5.74) is 0.129. The fourth-order valence-corrected chi connectivity index (χ4v) is 1.77. The van der Waals surface area contributed by atoms with E-state index in [1.165, 1.54) is 20.3 Å². The number of phenolic OH excluding ortho intramolecular Hbond substituents is 1. The fourth-order valence-electron chi connectivity index (χ4n) is 1.77. The van der Waals surface area contributed by atoms with Crippen LogP contribution >= 0.6 is 0 Å². The van der Waals surface area contributed by atoms with Gasteiger partial charge in [0, 0.05) is 0 Å². The highest BCUT2D eigenvalue weighted by atomic mass is 16.5. The molecule has 0 amide bonds. The number of rotatable bonds is 2. The first-order chi connectivity index (χ1) is 8.19. The topological polar surface area (TPSA) is 55.8 Å². The Morgan fingerprint density at radius 2 is 1.94 bits per heavy atom. The molecule has 0 bridgehead atoms. The van der Waals surface area contributed by atoms with E-state index in [1.807, 2.05) is 12.1 Å². The van der Waals surface area contributed by atoms with Gasteiger partial charge in [-0.3, -0.25) is 0 Å². The number of carbonyl (C=O) groups is 1. The summed E-state index contributed by atoms with van der Waals surface area (Å²) in [6.45, 7) is 0. The highest BCUT2D eigenvalue weighted by Crippen LogP contribution is 2.35. The second-order valence-electron chi connectivity index (χ2n) is 3.51. The minimum atomic E-state index is -0.574. The van der Waals surface area contributed by atoms with Gasteiger partial charge in [0.05, 0.1) is 19.6 Å². The number of fused-ring (bicyclic) bond motifs is 1. The van der Waals surface area contributed by atoms with Crippen molar-refractivity contribution in [3.63, 3.8) is 0 Å². The summed E-state index contributed by atoms with van der Waals surface area (Å²) in [7, 11) is 2.78. The van der Waals surface area contributed by atoms with Crippen LogP contribution in [0.3, 0.4) is 0 Å². The lowest BCUT2D eigenvalue weighted by molar-refractivity contribution is 0.0598. The lowest BCUT2D eigenvalue weighted by Crippen LogP contribution is -2.01. The molecule has 0 aliphatic heterocycles. The number of hydrogen-bond acceptors (Lipinski definition) is 4. The molecule has 2 aromatic carbocycles. The molecular formula is C13H12O4. The molecule has 4 heteroatoms. The fraction of sp³-hybridized carbons (Fsp3) is 0.154. The zero-order valence-electron chi connectivity index (χ0n) is 9.56. The molecule has 1 N–H and O–H groups in total. The van der Waals surface area contributed by atoms with Crippen molar-refractivity contribution in [1.82, 2.24) is 0 Å². The third-order valence-electron chi connectivity index (χ3n) is 2.61. The van der Waals surface area contributed by atoms with Crippen LogP contribution in [0.4, 0.5) is 0 Å². The number of carbonyl (C=O) groups excluding carboxylic acids is 1. The van der Waals surface area contributed by atoms with Gasteiger partial charge >= 0.3 is 5.97 Å². The van der Waals surface area contributed by atoms with E-state index in [1.54, 1.807) is 12.1 Å². The van der Waals surface area contributed by atoms with Crippen molar-refractivity contribution in [3.05, 3.63) is 35.9 Å². The molecule has 17 heavy (non-hydrogen) atoms. The predicted molar refractivity (Wildman–Crippen MR) is 63.5 cm³/mol. The molecule has 4 nitrogen and oxygen atoms in total. The monoisotopic (exact) mass is 232 g/mol. The van der Waals surface area contributed by atoms with Gasteiger partial charge in [-0.25, -0.2) is 4.79 Å². The minimum Gasteiger partial charge on any atom is -0.506 e. The molecule has 0 unspecified atom stereocenters. The second-order valence-corrected chi connectivity index (χ2v) is 3.51. The first-order valence-electron chi connectivity index (χ1n) is 5.06. The van der Waals surface area contributed by atoms with Crippen LogP contribution < -0.4 is 4.74 Å². The second kappa shape index (κ2) is 4.33. The number of aromatic hydroxyl groups is 1. The minimum absolute atomic E-state index is 0.119. The van der Waals surface area contributed by atoms with Gasteiger partial charge in [-0.2, -0.15) is 0 Å². The van der Waals surface area contributed by atoms with Gasteiger partial charge in [-0.15, -0.1) is 0 Å². The van der Waals surface area contributed by atoms with Crippen molar-refractivity contribution in [1.29, 1.82) is 0 Å². The summed E-state index contributed by atoms with van der Waals surface area (Å²) < 4.78 is 9.76. The lowest BCUT2D eigenvalue weighted by atomic mass is 10.0. The standard InChI is InChI=1S/C13H12O4/c1-16-10-5-3-4-8-6-7-9(13(15)17-2)12(14)11(8)10/h3-7,14H,1-2H3. The van der Waals surface area contributed by atoms with Crippen LogP contribution in [0.15, 0.2) is 30.3 Å². The molecule has 0 heterocycles. The van der Waals surface area contributed by atoms with E-state index in [-0.39, 0.29) is 11.3 Å². The average Bonchev–Trinajstić information content (AvgIpc) is 2.37. The molecule has 0 saturated heterocycles. The molecule has 0 aromatic heterocycles. The van der Waals surface area contributed by atoms with Crippen LogP contribution in [-0.2, 0) is 4.74 Å². The first kappa shape index (κ1) is 11.3. The Hall–Kier alpha value is -2.23. The smallest absolute Gasteiger partial charge is 0.341 e. The van der Waals surface area contributed by atoms with Crippen LogP contribution in [0, 0.1) is 0 Å². The van der Waals surface area contributed by atoms with Gasteiger partial charge in [-0.05, 0) is 17.5 Å². The van der Waals surface area contributed by atoms with E-state index in [9.17, 15) is 9.90 Å². The highest BCUT2D eigenvalue weighted by molar-refractivity contribution is 6.03. The van der Waals surface area contributed by atoms with E-state index in [2.05, 4.69) is 4.74 Å². The molecule has 0 fully saturated rings. The number of benzene rings is 2. The Morgan fingerprint density at radius 1 is 1.18 bits per heavy atom. The Bertz CT molecular complexity index is 575. The molecule has 2 aromatic rings. The lowest BCUT2D eigenvalue weighted by Gasteiger charge is -2.09. The van der Waals surface area contributed by atoms with E-state index in [0.717, 1.165) is 5.39 Å². The maximum Gasteiger partial charge on any atom is 0.341 e. The number of hydrogen-bond donors (Lipinski definition) is 1. The summed E-state index contributed by atoms with van der Waals surface area (Å²) in [6, 6.07) is 8.65. The maximum atomic E-state index is 11.5. The van der Waals surface area contributed by atoms with Crippen LogP contribution in [-0.4, -0.2) is 25.3 Å². The van der Waals surface area contributed by atoms with Gasteiger partial charge in [0.1, 0.15) is 17.1 Å². The molecule has 0 aliphatic rings. The van der Waals surface area contributed by atoms with Crippen LogP contribution in [0.25, 0.3) is 10.8 Å². The molecule has 2 rings (SSSR count). The van der Waals surface area contributed by atoms with Gasteiger partial charge < -0.3 is 14.6 Å². The van der Waals surface area contributed by atoms with Gasteiger partial charge in [0.25, 0.3) is 0 Å². The normalized spacial score (nSPS) is 10.2. The van der Waals surface area contributed by atoms with Crippen molar-refractivity contribution in [2.75, 3.05) is 14.2 Å².